The van der Waals surface area contributed by atoms with Crippen LogP contribution < -0.4 is 21.3 Å². The third kappa shape index (κ3) is 5.06. The number of aryl methyl sites for hydroxylation is 1. The van der Waals surface area contributed by atoms with Crippen molar-refractivity contribution in [1.29, 1.82) is 0 Å². The number of urea groups is 1. The number of hydrogen-bond acceptors (Lipinski definition) is 5. The molecular weight excluding hydrogens is 380 g/mol. The molecule has 1 atom stereocenters. The Balaban J connectivity index is 1.68. The van der Waals surface area contributed by atoms with Gasteiger partial charge in [-0.15, -0.1) is 0 Å². The third-order valence-electron chi connectivity index (χ3n) is 4.02. The van der Waals surface area contributed by atoms with Crippen LogP contribution in [-0.2, 0) is 6.18 Å². The van der Waals surface area contributed by atoms with E-state index in [0.29, 0.717) is 23.6 Å². The molecule has 3 rings (SSSR count). The Morgan fingerprint density at radius 3 is 2.68 bits per heavy atom. The minimum absolute atomic E-state index is 0.0101. The molecule has 0 aliphatic carbocycles. The molecular formula is C17H18F4N6O. The van der Waals surface area contributed by atoms with Gasteiger partial charge < -0.3 is 16.0 Å². The maximum Gasteiger partial charge on any atom is 0.419 e. The Morgan fingerprint density at radius 1 is 1.21 bits per heavy atom. The lowest BCUT2D eigenvalue weighted by Crippen LogP contribution is -2.24. The van der Waals surface area contributed by atoms with Crippen molar-refractivity contribution in [2.24, 2.45) is 0 Å². The lowest BCUT2D eigenvalue weighted by atomic mass is 10.2. The topological polar surface area (TPSA) is 91.0 Å². The second-order valence-electron chi connectivity index (χ2n) is 6.32. The summed E-state index contributed by atoms with van der Waals surface area (Å²) in [4.78, 5) is 20.4. The van der Waals surface area contributed by atoms with E-state index in [2.05, 4.69) is 31.2 Å². The molecule has 0 saturated carbocycles. The first-order valence-electron chi connectivity index (χ1n) is 8.48. The molecule has 1 aromatic carbocycles. The number of anilines is 3. The lowest BCUT2D eigenvalue weighted by Gasteiger charge is -2.14. The molecule has 1 unspecified atom stereocenters. The van der Waals surface area contributed by atoms with Gasteiger partial charge in [0.15, 0.2) is 0 Å². The van der Waals surface area contributed by atoms with Crippen molar-refractivity contribution < 1.29 is 22.4 Å². The molecule has 1 aromatic heterocycles. The number of benzene rings is 1. The molecule has 11 heteroatoms. The summed E-state index contributed by atoms with van der Waals surface area (Å²) in [5.74, 6) is -0.903. The van der Waals surface area contributed by atoms with Gasteiger partial charge in [-0.25, -0.2) is 14.2 Å². The zero-order valence-corrected chi connectivity index (χ0v) is 14.8. The number of aromatic nitrogens is 2. The second kappa shape index (κ2) is 7.97. The molecule has 7 nitrogen and oxygen atoms in total. The van der Waals surface area contributed by atoms with Crippen LogP contribution in [0, 0.1) is 12.7 Å². The molecule has 0 spiro atoms. The average Bonchev–Trinajstić information content (AvgIpc) is 3.08. The Bertz CT molecular complexity index is 867. The van der Waals surface area contributed by atoms with Gasteiger partial charge in [0.05, 0.1) is 5.56 Å². The van der Waals surface area contributed by atoms with Crippen molar-refractivity contribution in [2.75, 3.05) is 29.0 Å². The highest BCUT2D eigenvalue weighted by Gasteiger charge is 2.34. The summed E-state index contributed by atoms with van der Waals surface area (Å²) in [6, 6.07) is 3.26. The van der Waals surface area contributed by atoms with E-state index in [0.717, 1.165) is 25.6 Å². The maximum atomic E-state index is 13.3. The zero-order chi connectivity index (χ0) is 20.3. The number of amides is 2. The highest BCUT2D eigenvalue weighted by Crippen LogP contribution is 2.33. The molecule has 2 heterocycles. The van der Waals surface area contributed by atoms with Gasteiger partial charge in [0.2, 0.25) is 5.95 Å². The van der Waals surface area contributed by atoms with Crippen LogP contribution in [0.5, 0.6) is 0 Å². The molecule has 150 valence electrons. The second-order valence-corrected chi connectivity index (χ2v) is 6.32. The monoisotopic (exact) mass is 398 g/mol. The Morgan fingerprint density at radius 2 is 2.00 bits per heavy atom. The van der Waals surface area contributed by atoms with E-state index in [9.17, 15) is 22.4 Å². The molecule has 4 N–H and O–H groups in total. The number of nitrogens with one attached hydrogen (secondary N) is 4. The summed E-state index contributed by atoms with van der Waals surface area (Å²) in [6.07, 6.45) is -3.94. The summed E-state index contributed by atoms with van der Waals surface area (Å²) in [6.45, 7) is 3.41. The first-order chi connectivity index (χ1) is 13.2. The fraction of sp³-hybridized carbons (Fsp3) is 0.353. The largest absolute Gasteiger partial charge is 0.419 e. The minimum atomic E-state index is -4.87. The smallest absolute Gasteiger partial charge is 0.366 e. The van der Waals surface area contributed by atoms with Gasteiger partial charge in [0.1, 0.15) is 11.6 Å². The van der Waals surface area contributed by atoms with E-state index in [1.54, 1.807) is 13.0 Å². The first kappa shape index (κ1) is 19.8. The van der Waals surface area contributed by atoms with Crippen LogP contribution in [0.1, 0.15) is 17.7 Å². The van der Waals surface area contributed by atoms with Gasteiger partial charge in [0.25, 0.3) is 0 Å². The van der Waals surface area contributed by atoms with E-state index >= 15 is 0 Å². The zero-order valence-electron chi connectivity index (χ0n) is 14.8. The predicted molar refractivity (Wildman–Crippen MR) is 95.7 cm³/mol. The molecule has 2 amide bonds. The molecule has 1 aliphatic heterocycles. The minimum Gasteiger partial charge on any atom is -0.366 e. The van der Waals surface area contributed by atoms with Gasteiger partial charge in [0, 0.05) is 30.0 Å². The fourth-order valence-electron chi connectivity index (χ4n) is 2.77. The van der Waals surface area contributed by atoms with Crippen molar-refractivity contribution in [3.05, 3.63) is 41.3 Å². The SMILES string of the molecule is Cc1cc(NC2CCNC2)nc(NC(=O)Nc2ccc(F)c(C(F)(F)F)c2)n1. The van der Waals surface area contributed by atoms with Crippen molar-refractivity contribution in [2.45, 2.75) is 25.6 Å². The summed E-state index contributed by atoms with van der Waals surface area (Å²) >= 11 is 0. The van der Waals surface area contributed by atoms with E-state index in [-0.39, 0.29) is 17.7 Å². The van der Waals surface area contributed by atoms with Crippen molar-refractivity contribution >= 4 is 23.5 Å². The lowest BCUT2D eigenvalue weighted by molar-refractivity contribution is -0.139. The predicted octanol–water partition coefficient (Wildman–Crippen LogP) is 3.36. The quantitative estimate of drug-likeness (QED) is 0.593. The Hall–Kier alpha value is -2.95. The Kier molecular flexibility index (Phi) is 5.63. The molecule has 28 heavy (non-hydrogen) atoms. The van der Waals surface area contributed by atoms with Gasteiger partial charge >= 0.3 is 12.2 Å². The normalized spacial score (nSPS) is 16.7. The number of nitrogens with zero attached hydrogens (tertiary/aromatic N) is 2. The first-order valence-corrected chi connectivity index (χ1v) is 8.48. The average molecular weight is 398 g/mol. The van der Waals surface area contributed by atoms with Crippen LogP contribution in [0.25, 0.3) is 0 Å². The number of rotatable bonds is 4. The van der Waals surface area contributed by atoms with Crippen LogP contribution in [-0.4, -0.2) is 35.1 Å². The van der Waals surface area contributed by atoms with Gasteiger partial charge in [-0.1, -0.05) is 0 Å². The van der Waals surface area contributed by atoms with Crippen molar-refractivity contribution in [3.8, 4) is 0 Å². The van der Waals surface area contributed by atoms with E-state index < -0.39 is 23.6 Å². The molecule has 1 fully saturated rings. The molecule has 0 radical (unpaired) electrons. The molecule has 2 aromatic rings. The third-order valence-corrected chi connectivity index (χ3v) is 4.02. The Labute approximate surface area is 157 Å². The van der Waals surface area contributed by atoms with E-state index in [1.165, 1.54) is 0 Å². The summed E-state index contributed by atoms with van der Waals surface area (Å²) in [7, 11) is 0. The van der Waals surface area contributed by atoms with Gasteiger partial charge in [-0.05, 0) is 38.1 Å². The number of halogens is 4. The number of hydrogen-bond donors (Lipinski definition) is 4. The van der Waals surface area contributed by atoms with E-state index in [4.69, 9.17) is 0 Å². The van der Waals surface area contributed by atoms with Crippen LogP contribution in [0.15, 0.2) is 24.3 Å². The summed E-state index contributed by atoms with van der Waals surface area (Å²) in [5.41, 5.74) is -1.08. The van der Waals surface area contributed by atoms with Crippen LogP contribution >= 0.6 is 0 Å². The molecule has 1 aliphatic rings. The number of alkyl halides is 3. The maximum absolute atomic E-state index is 13.3. The summed E-state index contributed by atoms with van der Waals surface area (Å²) < 4.78 is 51.6. The van der Waals surface area contributed by atoms with Crippen LogP contribution in [0.3, 0.4) is 0 Å². The highest BCUT2D eigenvalue weighted by molar-refractivity contribution is 5.98. The standard InChI is InChI=1S/C17H18F4N6O/c1-9-6-14(24-11-4-5-22-8-11)26-15(23-9)27-16(28)25-10-2-3-13(18)12(7-10)17(19,20)21/h2-3,6-7,11,22H,4-5,8H2,1H3,(H3,23,24,25,26,27,28). The molecule has 0 bridgehead atoms. The van der Waals surface area contributed by atoms with Crippen molar-refractivity contribution in [3.63, 3.8) is 0 Å². The fourth-order valence-corrected chi connectivity index (χ4v) is 2.77. The molecule has 1 saturated heterocycles. The van der Waals surface area contributed by atoms with E-state index in [1.807, 2.05) is 0 Å². The van der Waals surface area contributed by atoms with Crippen LogP contribution in [0.2, 0.25) is 0 Å². The number of carbonyl (C=O) groups is 1. The van der Waals surface area contributed by atoms with Crippen LogP contribution in [0.4, 0.5) is 39.8 Å². The van der Waals surface area contributed by atoms with Gasteiger partial charge in [-0.2, -0.15) is 18.2 Å². The number of carbonyl (C=O) groups excluding carboxylic acids is 1. The van der Waals surface area contributed by atoms with Crippen molar-refractivity contribution in [1.82, 2.24) is 15.3 Å². The van der Waals surface area contributed by atoms with Gasteiger partial charge in [-0.3, -0.25) is 5.32 Å². The highest BCUT2D eigenvalue weighted by atomic mass is 19.4. The summed E-state index contributed by atoms with van der Waals surface area (Å²) in [5, 5.41) is 11.0.